The van der Waals surface area contributed by atoms with E-state index in [4.69, 9.17) is 9.41 Å². The molecule has 4 aromatic carbocycles. The Hall–Kier alpha value is -3.65. The lowest BCUT2D eigenvalue weighted by molar-refractivity contribution is 0.656. The summed E-state index contributed by atoms with van der Waals surface area (Å²) in [4.78, 5) is 4.69. The van der Waals surface area contributed by atoms with Crippen LogP contribution in [-0.4, -0.2) is 12.8 Å². The van der Waals surface area contributed by atoms with Crippen molar-refractivity contribution in [3.05, 3.63) is 95.6 Å². The first-order valence-corrected chi connectivity index (χ1v) is 12.1. The highest BCUT2D eigenvalue weighted by Crippen LogP contribution is 2.38. The van der Waals surface area contributed by atoms with Gasteiger partial charge in [-0.05, 0) is 66.5 Å². The fourth-order valence-electron chi connectivity index (χ4n) is 4.77. The monoisotopic (exact) mass is 445 g/mol. The molecule has 2 heteroatoms. The predicted octanol–water partition coefficient (Wildman–Crippen LogP) is 9.13. The van der Waals surface area contributed by atoms with Gasteiger partial charge in [0, 0.05) is 28.8 Å². The summed E-state index contributed by atoms with van der Waals surface area (Å²) in [6.45, 7) is 8.84. The molecule has 1 atom stereocenters. The van der Waals surface area contributed by atoms with Crippen LogP contribution in [0.2, 0.25) is 0 Å². The van der Waals surface area contributed by atoms with Crippen molar-refractivity contribution in [1.82, 2.24) is 0 Å². The molecule has 0 saturated heterocycles. The molecule has 0 saturated carbocycles. The second-order valence-electron chi connectivity index (χ2n) is 9.29. The van der Waals surface area contributed by atoms with Gasteiger partial charge in [-0.25, -0.2) is 0 Å². The zero-order chi connectivity index (χ0) is 23.8. The van der Waals surface area contributed by atoms with Gasteiger partial charge in [-0.15, -0.1) is 0 Å². The largest absolute Gasteiger partial charge is 0.455 e. The van der Waals surface area contributed by atoms with Gasteiger partial charge in [-0.3, -0.25) is 4.99 Å². The molecule has 5 aromatic rings. The third kappa shape index (κ3) is 3.74. The predicted molar refractivity (Wildman–Crippen MR) is 147 cm³/mol. The van der Waals surface area contributed by atoms with Crippen LogP contribution in [0.1, 0.15) is 38.3 Å². The van der Waals surface area contributed by atoms with E-state index in [1.165, 1.54) is 27.6 Å². The standard InChI is InChI=1S/C32H31NO/c1-6-20(2)22(4)18-29(33-5)30-21(3)12-16-27-26-17-15-24-13-14-25(23-10-8-7-9-11-23)19-28(24)31(26)34-32(27)30/h7-20H,6H2,1-5H3/t20-/m1/s1. The smallest absolute Gasteiger partial charge is 0.145 e. The van der Waals surface area contributed by atoms with Gasteiger partial charge in [0.1, 0.15) is 11.2 Å². The molecule has 2 nitrogen and oxygen atoms in total. The van der Waals surface area contributed by atoms with Crippen LogP contribution in [0.4, 0.5) is 0 Å². The molecule has 1 heterocycles. The lowest BCUT2D eigenvalue weighted by Gasteiger charge is -2.12. The van der Waals surface area contributed by atoms with Gasteiger partial charge in [0.05, 0.1) is 5.71 Å². The van der Waals surface area contributed by atoms with E-state index in [0.717, 1.165) is 45.0 Å². The van der Waals surface area contributed by atoms with Crippen LogP contribution in [-0.2, 0) is 0 Å². The summed E-state index contributed by atoms with van der Waals surface area (Å²) in [5.41, 5.74) is 8.85. The molecule has 1 aromatic heterocycles. The maximum atomic E-state index is 6.71. The zero-order valence-electron chi connectivity index (χ0n) is 20.6. The van der Waals surface area contributed by atoms with Gasteiger partial charge < -0.3 is 4.42 Å². The number of aliphatic imine (C=N–C) groups is 1. The van der Waals surface area contributed by atoms with Crippen LogP contribution in [0.25, 0.3) is 43.8 Å². The van der Waals surface area contributed by atoms with Gasteiger partial charge in [-0.2, -0.15) is 0 Å². The normalized spacial score (nSPS) is 13.8. The van der Waals surface area contributed by atoms with Crippen molar-refractivity contribution < 1.29 is 4.42 Å². The first-order valence-electron chi connectivity index (χ1n) is 12.1. The molecular formula is C32H31NO. The van der Waals surface area contributed by atoms with Crippen molar-refractivity contribution in [1.29, 1.82) is 0 Å². The molecular weight excluding hydrogens is 414 g/mol. The summed E-state index contributed by atoms with van der Waals surface area (Å²) in [6, 6.07) is 25.9. The summed E-state index contributed by atoms with van der Waals surface area (Å²) < 4.78 is 6.71. The van der Waals surface area contributed by atoms with E-state index in [1.807, 2.05) is 7.05 Å². The topological polar surface area (TPSA) is 25.5 Å². The highest BCUT2D eigenvalue weighted by Gasteiger charge is 2.18. The van der Waals surface area contributed by atoms with Crippen molar-refractivity contribution in [2.75, 3.05) is 7.05 Å². The Morgan fingerprint density at radius 1 is 0.882 bits per heavy atom. The number of hydrogen-bond acceptors (Lipinski definition) is 2. The maximum absolute atomic E-state index is 6.71. The average Bonchev–Trinajstić information content (AvgIpc) is 3.26. The van der Waals surface area contributed by atoms with Gasteiger partial charge >= 0.3 is 0 Å². The fourth-order valence-corrected chi connectivity index (χ4v) is 4.77. The number of allylic oxidation sites excluding steroid dienone is 2. The van der Waals surface area contributed by atoms with Crippen molar-refractivity contribution >= 4 is 38.4 Å². The molecule has 0 amide bonds. The van der Waals surface area contributed by atoms with E-state index < -0.39 is 0 Å². The van der Waals surface area contributed by atoms with Crippen LogP contribution in [0.3, 0.4) is 0 Å². The summed E-state index contributed by atoms with van der Waals surface area (Å²) in [6.07, 6.45) is 3.34. The summed E-state index contributed by atoms with van der Waals surface area (Å²) in [5.74, 6) is 0.521. The maximum Gasteiger partial charge on any atom is 0.145 e. The molecule has 0 aliphatic carbocycles. The number of benzene rings is 4. The van der Waals surface area contributed by atoms with E-state index in [9.17, 15) is 0 Å². The molecule has 170 valence electrons. The Bertz CT molecular complexity index is 1570. The van der Waals surface area contributed by atoms with Crippen LogP contribution in [0.15, 0.2) is 93.9 Å². The van der Waals surface area contributed by atoms with E-state index >= 15 is 0 Å². The zero-order valence-corrected chi connectivity index (χ0v) is 20.6. The van der Waals surface area contributed by atoms with Crippen LogP contribution in [0.5, 0.6) is 0 Å². The summed E-state index contributed by atoms with van der Waals surface area (Å²) >= 11 is 0. The van der Waals surface area contributed by atoms with Gasteiger partial charge in [0.15, 0.2) is 0 Å². The third-order valence-electron chi connectivity index (χ3n) is 7.19. The molecule has 0 fully saturated rings. The van der Waals surface area contributed by atoms with Gasteiger partial charge in [-0.1, -0.05) is 80.1 Å². The van der Waals surface area contributed by atoms with Crippen LogP contribution < -0.4 is 0 Å². The number of aryl methyl sites for hydroxylation is 1. The highest BCUT2D eigenvalue weighted by atomic mass is 16.3. The van der Waals surface area contributed by atoms with Crippen molar-refractivity contribution in [3.63, 3.8) is 0 Å². The Labute approximate surface area is 201 Å². The summed E-state index contributed by atoms with van der Waals surface area (Å²) in [7, 11) is 1.87. The second-order valence-corrected chi connectivity index (χ2v) is 9.29. The first-order chi connectivity index (χ1) is 16.5. The number of hydrogen-bond donors (Lipinski definition) is 0. The Morgan fingerprint density at radius 3 is 2.32 bits per heavy atom. The Balaban J connectivity index is 1.77. The fraction of sp³-hybridized carbons (Fsp3) is 0.219. The van der Waals surface area contributed by atoms with E-state index in [-0.39, 0.29) is 0 Å². The van der Waals surface area contributed by atoms with E-state index in [1.54, 1.807) is 0 Å². The lowest BCUT2D eigenvalue weighted by Crippen LogP contribution is -2.04. The molecule has 0 bridgehead atoms. The van der Waals surface area contributed by atoms with E-state index in [0.29, 0.717) is 5.92 Å². The molecule has 0 N–H and O–H groups in total. The molecule has 0 aliphatic rings. The minimum Gasteiger partial charge on any atom is -0.455 e. The first kappa shape index (κ1) is 22.2. The third-order valence-corrected chi connectivity index (χ3v) is 7.19. The molecule has 0 unspecified atom stereocenters. The molecule has 5 rings (SSSR count). The minimum atomic E-state index is 0.521. The van der Waals surface area contributed by atoms with E-state index in [2.05, 4.69) is 107 Å². The molecule has 0 radical (unpaired) electrons. The number of rotatable bonds is 5. The molecule has 0 spiro atoms. The number of furan rings is 1. The highest BCUT2D eigenvalue weighted by molar-refractivity contribution is 6.22. The number of nitrogens with zero attached hydrogens (tertiary/aromatic N) is 1. The Kier molecular flexibility index (Phi) is 5.83. The summed E-state index contributed by atoms with van der Waals surface area (Å²) in [5, 5.41) is 4.60. The van der Waals surface area contributed by atoms with Crippen molar-refractivity contribution in [2.24, 2.45) is 10.9 Å². The van der Waals surface area contributed by atoms with Crippen molar-refractivity contribution in [3.8, 4) is 11.1 Å². The van der Waals surface area contributed by atoms with Crippen LogP contribution in [0, 0.1) is 12.8 Å². The number of fused-ring (bicyclic) bond motifs is 5. The quantitative estimate of drug-likeness (QED) is 0.248. The SMILES string of the molecule is CC[C@@H](C)C(C)=CC(=NC)c1c(C)ccc2c1oc1c3cc(-c4ccccc4)ccc3ccc21. The minimum absolute atomic E-state index is 0.521. The van der Waals surface area contributed by atoms with Gasteiger partial charge in [0.2, 0.25) is 0 Å². The lowest BCUT2D eigenvalue weighted by atomic mass is 9.94. The second kappa shape index (κ2) is 8.95. The Morgan fingerprint density at radius 2 is 1.59 bits per heavy atom. The molecule has 0 aliphatic heterocycles. The average molecular weight is 446 g/mol. The van der Waals surface area contributed by atoms with Crippen LogP contribution >= 0.6 is 0 Å². The molecule has 34 heavy (non-hydrogen) atoms. The van der Waals surface area contributed by atoms with Gasteiger partial charge in [0.25, 0.3) is 0 Å². The van der Waals surface area contributed by atoms with Crippen molar-refractivity contribution in [2.45, 2.75) is 34.1 Å².